The van der Waals surface area contributed by atoms with Crippen LogP contribution in [0.15, 0.2) is 18.2 Å². The van der Waals surface area contributed by atoms with E-state index in [0.29, 0.717) is 6.61 Å². The molecule has 0 fully saturated rings. The van der Waals surface area contributed by atoms with Gasteiger partial charge in [-0.1, -0.05) is 6.07 Å². The summed E-state index contributed by atoms with van der Waals surface area (Å²) >= 11 is 0. The van der Waals surface area contributed by atoms with Crippen molar-refractivity contribution in [1.82, 2.24) is 10.3 Å². The van der Waals surface area contributed by atoms with Gasteiger partial charge < -0.3 is 15.2 Å². The minimum atomic E-state index is -0.691. The SMILES string of the molecule is O=C(NCCOCCO)c1cccc(F)n1. The highest BCUT2D eigenvalue weighted by Gasteiger charge is 2.06. The van der Waals surface area contributed by atoms with Crippen molar-refractivity contribution in [2.45, 2.75) is 0 Å². The van der Waals surface area contributed by atoms with Crippen LogP contribution in [-0.2, 0) is 4.74 Å². The third-order valence-electron chi connectivity index (χ3n) is 1.72. The fraction of sp³-hybridized carbons (Fsp3) is 0.400. The Bertz CT molecular complexity index is 347. The molecule has 0 aliphatic carbocycles. The van der Waals surface area contributed by atoms with Gasteiger partial charge in [-0.25, -0.2) is 4.98 Å². The number of aromatic nitrogens is 1. The molecule has 1 rings (SSSR count). The van der Waals surface area contributed by atoms with Crippen LogP contribution in [0.3, 0.4) is 0 Å². The van der Waals surface area contributed by atoms with Gasteiger partial charge in [0, 0.05) is 6.54 Å². The number of hydrogen-bond acceptors (Lipinski definition) is 4. The molecule has 1 aromatic heterocycles. The largest absolute Gasteiger partial charge is 0.394 e. The first-order valence-electron chi connectivity index (χ1n) is 4.83. The van der Waals surface area contributed by atoms with E-state index in [2.05, 4.69) is 10.3 Å². The molecule has 0 unspecified atom stereocenters. The number of rotatable bonds is 6. The molecule has 16 heavy (non-hydrogen) atoms. The van der Waals surface area contributed by atoms with Crippen molar-refractivity contribution < 1.29 is 19.0 Å². The van der Waals surface area contributed by atoms with E-state index in [1.165, 1.54) is 18.2 Å². The molecule has 1 aromatic rings. The summed E-state index contributed by atoms with van der Waals surface area (Å²) in [7, 11) is 0. The molecule has 2 N–H and O–H groups in total. The average molecular weight is 228 g/mol. The second-order valence-electron chi connectivity index (χ2n) is 2.94. The first-order valence-corrected chi connectivity index (χ1v) is 4.83. The predicted octanol–water partition coefficient (Wildman–Crippen LogP) is -0.0406. The molecule has 0 bridgehead atoms. The number of carbonyl (C=O) groups is 1. The van der Waals surface area contributed by atoms with E-state index in [1.807, 2.05) is 0 Å². The van der Waals surface area contributed by atoms with Gasteiger partial charge in [0.05, 0.1) is 19.8 Å². The molecule has 0 aliphatic heterocycles. The van der Waals surface area contributed by atoms with Gasteiger partial charge in [-0.3, -0.25) is 4.79 Å². The van der Waals surface area contributed by atoms with Crippen LogP contribution in [0.25, 0.3) is 0 Å². The summed E-state index contributed by atoms with van der Waals surface area (Å²) in [5, 5.41) is 10.9. The van der Waals surface area contributed by atoms with E-state index in [1.54, 1.807) is 0 Å². The number of pyridine rings is 1. The van der Waals surface area contributed by atoms with Crippen LogP contribution in [0.5, 0.6) is 0 Å². The van der Waals surface area contributed by atoms with E-state index in [0.717, 1.165) is 0 Å². The Kier molecular flexibility index (Phi) is 5.38. The van der Waals surface area contributed by atoms with Crippen LogP contribution in [0.2, 0.25) is 0 Å². The number of nitrogens with one attached hydrogen (secondary N) is 1. The third kappa shape index (κ3) is 4.33. The van der Waals surface area contributed by atoms with Gasteiger partial charge in [-0.2, -0.15) is 4.39 Å². The number of aliphatic hydroxyl groups is 1. The zero-order valence-electron chi connectivity index (χ0n) is 8.65. The van der Waals surface area contributed by atoms with Gasteiger partial charge >= 0.3 is 0 Å². The molecule has 88 valence electrons. The van der Waals surface area contributed by atoms with Gasteiger partial charge in [0.25, 0.3) is 5.91 Å². The maximum Gasteiger partial charge on any atom is 0.270 e. The summed E-state index contributed by atoms with van der Waals surface area (Å²) < 4.78 is 17.6. The molecule has 0 saturated carbocycles. The Morgan fingerprint density at radius 1 is 1.50 bits per heavy atom. The summed E-state index contributed by atoms with van der Waals surface area (Å²) in [6, 6.07) is 4.01. The zero-order valence-corrected chi connectivity index (χ0v) is 8.65. The van der Waals surface area contributed by atoms with Gasteiger partial charge in [0.1, 0.15) is 5.69 Å². The van der Waals surface area contributed by atoms with Crippen LogP contribution in [0.4, 0.5) is 4.39 Å². The summed E-state index contributed by atoms with van der Waals surface area (Å²) in [5.41, 5.74) is 0.0298. The zero-order chi connectivity index (χ0) is 11.8. The van der Waals surface area contributed by atoms with Crippen molar-refractivity contribution >= 4 is 5.91 Å². The molecule has 0 saturated heterocycles. The van der Waals surface area contributed by atoms with Gasteiger partial charge in [0.2, 0.25) is 5.95 Å². The van der Waals surface area contributed by atoms with E-state index in [-0.39, 0.29) is 25.5 Å². The molecule has 0 radical (unpaired) electrons. The predicted molar refractivity (Wildman–Crippen MR) is 54.4 cm³/mol. The average Bonchev–Trinajstić information content (AvgIpc) is 2.28. The maximum atomic E-state index is 12.7. The van der Waals surface area contributed by atoms with E-state index in [4.69, 9.17) is 9.84 Å². The van der Waals surface area contributed by atoms with Crippen molar-refractivity contribution in [1.29, 1.82) is 0 Å². The first-order chi connectivity index (χ1) is 7.74. The lowest BCUT2D eigenvalue weighted by molar-refractivity contribution is 0.0834. The van der Waals surface area contributed by atoms with Crippen molar-refractivity contribution in [3.63, 3.8) is 0 Å². The van der Waals surface area contributed by atoms with Gasteiger partial charge in [-0.05, 0) is 12.1 Å². The lowest BCUT2D eigenvalue weighted by Crippen LogP contribution is -2.28. The number of carbonyl (C=O) groups excluding carboxylic acids is 1. The van der Waals surface area contributed by atoms with Crippen molar-refractivity contribution in [3.8, 4) is 0 Å². The molecule has 0 atom stereocenters. The normalized spacial score (nSPS) is 10.1. The molecule has 1 amide bonds. The fourth-order valence-corrected chi connectivity index (χ4v) is 1.03. The van der Waals surface area contributed by atoms with Crippen LogP contribution in [-0.4, -0.2) is 42.4 Å². The molecule has 6 heteroatoms. The Morgan fingerprint density at radius 3 is 3.00 bits per heavy atom. The molecule has 5 nitrogen and oxygen atoms in total. The standard InChI is InChI=1S/C10H13FN2O3/c11-9-3-1-2-8(13-9)10(15)12-4-6-16-7-5-14/h1-3,14H,4-7H2,(H,12,15). The quantitative estimate of drug-likeness (QED) is 0.529. The summed E-state index contributed by atoms with van der Waals surface area (Å²) in [6.07, 6.45) is 0. The van der Waals surface area contributed by atoms with E-state index >= 15 is 0 Å². The molecular weight excluding hydrogens is 215 g/mol. The highest BCUT2D eigenvalue weighted by Crippen LogP contribution is 1.97. The Morgan fingerprint density at radius 2 is 2.31 bits per heavy atom. The second-order valence-corrected chi connectivity index (χ2v) is 2.94. The topological polar surface area (TPSA) is 71.5 Å². The summed E-state index contributed by atoms with van der Waals surface area (Å²) in [5.74, 6) is -1.14. The number of halogens is 1. The van der Waals surface area contributed by atoms with Crippen molar-refractivity contribution in [2.24, 2.45) is 0 Å². The highest BCUT2D eigenvalue weighted by molar-refractivity contribution is 5.92. The molecular formula is C10H13FN2O3. The number of nitrogens with zero attached hydrogens (tertiary/aromatic N) is 1. The Balaban J connectivity index is 2.30. The number of amides is 1. The Labute approximate surface area is 92.3 Å². The summed E-state index contributed by atoms with van der Waals surface area (Å²) in [6.45, 7) is 0.756. The highest BCUT2D eigenvalue weighted by atomic mass is 19.1. The smallest absolute Gasteiger partial charge is 0.270 e. The fourth-order valence-electron chi connectivity index (χ4n) is 1.03. The third-order valence-corrected chi connectivity index (χ3v) is 1.72. The van der Waals surface area contributed by atoms with Crippen LogP contribution >= 0.6 is 0 Å². The lowest BCUT2D eigenvalue weighted by atomic mass is 10.3. The number of hydrogen-bond donors (Lipinski definition) is 2. The van der Waals surface area contributed by atoms with Crippen LogP contribution < -0.4 is 5.32 Å². The van der Waals surface area contributed by atoms with Crippen molar-refractivity contribution in [2.75, 3.05) is 26.4 Å². The maximum absolute atomic E-state index is 12.7. The monoisotopic (exact) mass is 228 g/mol. The van der Waals surface area contributed by atoms with E-state index < -0.39 is 11.9 Å². The Hall–Kier alpha value is -1.53. The minimum absolute atomic E-state index is 0.0298. The first kappa shape index (κ1) is 12.5. The van der Waals surface area contributed by atoms with Crippen LogP contribution in [0.1, 0.15) is 10.5 Å². The van der Waals surface area contributed by atoms with Gasteiger partial charge in [-0.15, -0.1) is 0 Å². The number of ether oxygens (including phenoxy) is 1. The molecule has 1 heterocycles. The lowest BCUT2D eigenvalue weighted by Gasteiger charge is -2.04. The van der Waals surface area contributed by atoms with Gasteiger partial charge in [0.15, 0.2) is 0 Å². The van der Waals surface area contributed by atoms with E-state index in [9.17, 15) is 9.18 Å². The van der Waals surface area contributed by atoms with Crippen LogP contribution in [0, 0.1) is 5.95 Å². The number of aliphatic hydroxyl groups excluding tert-OH is 1. The summed E-state index contributed by atoms with van der Waals surface area (Å²) in [4.78, 5) is 14.8. The second kappa shape index (κ2) is 6.86. The molecule has 0 spiro atoms. The molecule has 0 aromatic carbocycles. The van der Waals surface area contributed by atoms with Crippen molar-refractivity contribution in [3.05, 3.63) is 29.8 Å². The molecule has 0 aliphatic rings. The minimum Gasteiger partial charge on any atom is -0.394 e.